The predicted octanol–water partition coefficient (Wildman–Crippen LogP) is -4.48. The van der Waals surface area contributed by atoms with Crippen LogP contribution >= 0.6 is 16.5 Å². The molecule has 3 N–H and O–H groups in total. The second-order valence-corrected chi connectivity index (χ2v) is 4.77. The summed E-state index contributed by atoms with van der Waals surface area (Å²) in [5.74, 6) is 3.88. The van der Waals surface area contributed by atoms with Crippen molar-refractivity contribution in [1.82, 2.24) is 0 Å². The van der Waals surface area contributed by atoms with Crippen LogP contribution < -0.4 is 20.3 Å². The van der Waals surface area contributed by atoms with Crippen molar-refractivity contribution in [3.63, 3.8) is 0 Å². The monoisotopic (exact) mass is 388 g/mol. The van der Waals surface area contributed by atoms with E-state index in [0.29, 0.717) is 6.29 Å². The van der Waals surface area contributed by atoms with Crippen LogP contribution in [0.1, 0.15) is 13.8 Å². The molecule has 0 spiro atoms. The van der Waals surface area contributed by atoms with E-state index in [9.17, 15) is 4.79 Å². The van der Waals surface area contributed by atoms with Crippen LogP contribution in [0.5, 0.6) is 0 Å². The van der Waals surface area contributed by atoms with Gasteiger partial charge >= 0.3 is 16.5 Å². The molecule has 0 amide bonds. The van der Waals surface area contributed by atoms with Gasteiger partial charge in [-0.15, -0.1) is 12.8 Å². The number of carbonyl (C=O) groups is 1. The van der Waals surface area contributed by atoms with Crippen molar-refractivity contribution in [2.75, 3.05) is 6.61 Å². The molecule has 0 aromatic heterocycles. The third-order valence-corrected chi connectivity index (χ3v) is 1.51. The minimum absolute atomic E-state index is 0.312. The Labute approximate surface area is 139 Å². The van der Waals surface area contributed by atoms with E-state index in [1.165, 1.54) is 13.8 Å². The summed E-state index contributed by atoms with van der Waals surface area (Å²) in [6.45, 7) is 2.23. The zero-order chi connectivity index (χ0) is 20.4. The summed E-state index contributed by atoms with van der Waals surface area (Å²) in [5, 5.41) is 42.4. The van der Waals surface area contributed by atoms with Crippen LogP contribution in [0, 0.1) is 24.7 Å². The largest absolute Gasteiger partial charge is 0.674 e. The lowest BCUT2D eigenvalue weighted by Crippen LogP contribution is -2.25. The van der Waals surface area contributed by atoms with Gasteiger partial charge in [0.1, 0.15) is 5.60 Å². The maximum atomic E-state index is 9.67. The fourth-order valence-corrected chi connectivity index (χ4v) is 0.0797. The first-order valence-corrected chi connectivity index (χ1v) is 7.34. The van der Waals surface area contributed by atoms with Crippen molar-refractivity contribution in [2.24, 2.45) is 0 Å². The Balaban J connectivity index is -0.000000113. The first-order chi connectivity index (χ1) is 10.8. The van der Waals surface area contributed by atoms with Gasteiger partial charge in [0.2, 0.25) is 0 Å². The van der Waals surface area contributed by atoms with E-state index in [4.69, 9.17) is 51.2 Å². The average Bonchev–Trinajstić information content (AvgIpc) is 2.56. The van der Waals surface area contributed by atoms with E-state index >= 15 is 0 Å². The summed E-state index contributed by atoms with van der Waals surface area (Å²) in [7, 11) is -6.31. The highest BCUT2D eigenvalue weighted by Crippen LogP contribution is 1.99. The Kier molecular flexibility index (Phi) is 22.8. The van der Waals surface area contributed by atoms with Crippen LogP contribution in [-0.2, 0) is 23.3 Å². The van der Waals surface area contributed by atoms with Crippen molar-refractivity contribution in [3.05, 3.63) is 0 Å². The van der Waals surface area contributed by atoms with E-state index in [-0.39, 0.29) is 6.61 Å². The maximum Gasteiger partial charge on any atom is 0.479 e. The van der Waals surface area contributed by atoms with E-state index in [0.717, 1.165) is 0 Å². The van der Waals surface area contributed by atoms with Gasteiger partial charge in [-0.25, -0.2) is 9.35 Å². The van der Waals surface area contributed by atoms with E-state index in [1.54, 1.807) is 0 Å². The number of terminal acetylenes is 2. The van der Waals surface area contributed by atoms with Crippen LogP contribution in [0.25, 0.3) is 0 Å². The van der Waals surface area contributed by atoms with Gasteiger partial charge in [-0.3, -0.25) is 4.79 Å². The highest BCUT2D eigenvalue weighted by molar-refractivity contribution is 7.30. The molecule has 4 atom stereocenters. The van der Waals surface area contributed by atoms with Crippen LogP contribution in [-0.4, -0.2) is 39.4 Å². The van der Waals surface area contributed by atoms with Crippen molar-refractivity contribution in [1.29, 1.82) is 0 Å². The summed E-state index contributed by atoms with van der Waals surface area (Å²) in [6, 6.07) is 0. The minimum atomic E-state index is -3.15. The standard InChI is InChI=1S/C5H8O2.C5H6O2.2HO4P/c2*1-3-5(2,7)4-6;2*1-4-5(2)3/h1,6-7H,4H2,2H3;1,4,7H,2H3;2*1H/p-2/t2*5-;;/m00../s1. The first-order valence-electron chi connectivity index (χ1n) is 5.15. The Morgan fingerprint density at radius 2 is 1.38 bits per heavy atom. The molecule has 24 heavy (non-hydrogen) atoms. The molecule has 0 rings (SSSR count). The van der Waals surface area contributed by atoms with Crippen molar-refractivity contribution in [3.8, 4) is 24.7 Å². The zero-order valence-corrected chi connectivity index (χ0v) is 14.1. The summed E-state index contributed by atoms with van der Waals surface area (Å²) in [6.07, 6.45) is 9.75. The van der Waals surface area contributed by atoms with Gasteiger partial charge < -0.3 is 35.6 Å². The number of aldehydes is 1. The highest BCUT2D eigenvalue weighted by Gasteiger charge is 2.12. The number of carbonyl (C=O) groups excluding carboxylic acids is 1. The molecule has 0 aliphatic heterocycles. The van der Waals surface area contributed by atoms with E-state index in [2.05, 4.69) is 15.8 Å². The van der Waals surface area contributed by atoms with Gasteiger partial charge in [0.25, 0.3) is 0 Å². The second-order valence-electron chi connectivity index (χ2n) is 3.58. The molecule has 2 unspecified atom stereocenters. The number of aliphatic hydroxyl groups excluding tert-OH is 1. The summed E-state index contributed by atoms with van der Waals surface area (Å²) in [5.41, 5.74) is -2.90. The van der Waals surface area contributed by atoms with Gasteiger partial charge in [0.15, 0.2) is 11.9 Å². The molecule has 0 saturated heterocycles. The van der Waals surface area contributed by atoms with Crippen molar-refractivity contribution < 1.29 is 58.9 Å². The van der Waals surface area contributed by atoms with E-state index in [1.807, 2.05) is 11.8 Å². The quantitative estimate of drug-likeness (QED) is 0.136. The van der Waals surface area contributed by atoms with Crippen molar-refractivity contribution in [2.45, 2.75) is 25.0 Å². The van der Waals surface area contributed by atoms with Gasteiger partial charge in [-0.05, 0) is 23.0 Å². The second kappa shape index (κ2) is 18.0. The average molecular weight is 388 g/mol. The number of aliphatic hydroxyl groups is 3. The molecule has 0 aromatic carbocycles. The number of hydrogen-bond acceptors (Lipinski definition) is 12. The Morgan fingerprint density at radius 3 is 1.38 bits per heavy atom. The third-order valence-electron chi connectivity index (χ3n) is 1.26. The molecule has 0 saturated carbocycles. The molecule has 0 radical (unpaired) electrons. The van der Waals surface area contributed by atoms with Crippen LogP contribution in [0.15, 0.2) is 0 Å². The summed E-state index contributed by atoms with van der Waals surface area (Å²) < 4.78 is 22.6. The summed E-state index contributed by atoms with van der Waals surface area (Å²) >= 11 is 0. The predicted molar refractivity (Wildman–Crippen MR) is 69.4 cm³/mol. The van der Waals surface area contributed by atoms with Crippen LogP contribution in [0.4, 0.5) is 0 Å². The maximum absolute atomic E-state index is 9.67. The topological polar surface area (TPSA) is 223 Å². The fourth-order valence-electron chi connectivity index (χ4n) is 0.0797. The van der Waals surface area contributed by atoms with Crippen LogP contribution in [0.3, 0.4) is 0 Å². The molecular formula is C10H14O12P2-2. The Morgan fingerprint density at radius 1 is 1.08 bits per heavy atom. The smallest absolute Gasteiger partial charge is 0.479 e. The normalized spacial score (nSPS) is 14.6. The van der Waals surface area contributed by atoms with E-state index < -0.39 is 27.7 Å². The molecule has 0 aliphatic rings. The van der Waals surface area contributed by atoms with Gasteiger partial charge in [-0.2, -0.15) is 0 Å². The van der Waals surface area contributed by atoms with Gasteiger partial charge in [0.05, 0.1) is 6.61 Å². The fraction of sp³-hybridized carbons (Fsp3) is 0.500. The molecule has 0 aromatic rings. The molecule has 0 fully saturated rings. The summed E-state index contributed by atoms with van der Waals surface area (Å²) in [4.78, 5) is 27.4. The molecule has 12 nitrogen and oxygen atoms in total. The number of rotatable bonds is 4. The van der Waals surface area contributed by atoms with Gasteiger partial charge in [0, 0.05) is 0 Å². The molecule has 138 valence electrons. The molecule has 0 bridgehead atoms. The lowest BCUT2D eigenvalue weighted by Gasteiger charge is -2.09. The first kappa shape index (κ1) is 30.5. The minimum Gasteiger partial charge on any atom is -0.674 e. The molecule has 14 heteroatoms. The lowest BCUT2D eigenvalue weighted by atomic mass is 10.1. The third kappa shape index (κ3) is 37.1. The number of hydrogen-bond donors (Lipinski definition) is 3. The zero-order valence-electron chi connectivity index (χ0n) is 12.3. The van der Waals surface area contributed by atoms with Gasteiger partial charge in [-0.1, -0.05) is 11.8 Å². The van der Waals surface area contributed by atoms with Crippen LogP contribution in [0.2, 0.25) is 0 Å². The SMILES string of the molecule is C#C[C@](C)(O)C=O.C#C[C@](C)(O)CO.O=[P+]([O-])O[O-].O=[P+]([O-])O[O-]. The Hall–Kier alpha value is -1.37. The highest BCUT2D eigenvalue weighted by atomic mass is 31.1. The van der Waals surface area contributed by atoms with Crippen molar-refractivity contribution >= 4 is 22.8 Å². The molecular weight excluding hydrogens is 374 g/mol. The molecule has 0 aliphatic carbocycles. The molecule has 0 heterocycles. The Bertz CT molecular complexity index is 434. The lowest BCUT2D eigenvalue weighted by molar-refractivity contribution is -0.644.